The fourth-order valence-corrected chi connectivity index (χ4v) is 5.39. The van der Waals surface area contributed by atoms with Crippen LogP contribution in [0.1, 0.15) is 51.9 Å². The van der Waals surface area contributed by atoms with E-state index in [1.165, 1.54) is 19.3 Å². The molecule has 0 spiro atoms. The summed E-state index contributed by atoms with van der Waals surface area (Å²) in [5.41, 5.74) is 0.0346. The molecule has 0 heterocycles. The molecule has 0 aromatic heterocycles. The quantitative estimate of drug-likeness (QED) is 0.490. The molecule has 3 amide bonds. The first-order chi connectivity index (χ1) is 11.6. The van der Waals surface area contributed by atoms with E-state index in [2.05, 4.69) is 21.3 Å². The maximum absolute atomic E-state index is 12.2. The van der Waals surface area contributed by atoms with E-state index >= 15 is 0 Å². The van der Waals surface area contributed by atoms with Crippen LogP contribution >= 0.6 is 12.4 Å². The first kappa shape index (κ1) is 20.3. The number of rotatable bonds is 8. The highest BCUT2D eigenvalue weighted by atomic mass is 35.5. The molecule has 0 saturated heterocycles. The minimum atomic E-state index is -0.0996. The van der Waals surface area contributed by atoms with Crippen LogP contribution < -0.4 is 21.3 Å². The summed E-state index contributed by atoms with van der Waals surface area (Å²) in [5, 5.41) is 12.1. The third-order valence-corrected chi connectivity index (χ3v) is 5.93. The Hall–Kier alpha value is -1.01. The fourth-order valence-electron chi connectivity index (χ4n) is 5.39. The molecule has 4 aliphatic rings. The van der Waals surface area contributed by atoms with Gasteiger partial charge in [0.15, 0.2) is 0 Å². The summed E-state index contributed by atoms with van der Waals surface area (Å²) in [4.78, 5) is 23.9. The molecule has 4 fully saturated rings. The van der Waals surface area contributed by atoms with E-state index in [1.807, 2.05) is 6.92 Å². The van der Waals surface area contributed by atoms with E-state index in [0.29, 0.717) is 19.5 Å². The Labute approximate surface area is 157 Å². The number of carbonyl (C=O) groups excluding carboxylic acids is 2. The number of carbonyl (C=O) groups is 2. The number of amides is 3. The van der Waals surface area contributed by atoms with Crippen LogP contribution in [0.3, 0.4) is 0 Å². The molecule has 4 N–H and O–H groups in total. The van der Waals surface area contributed by atoms with Gasteiger partial charge in [-0.3, -0.25) is 4.79 Å². The van der Waals surface area contributed by atoms with E-state index in [-0.39, 0.29) is 29.9 Å². The number of likely N-dealkylation sites (N-methyl/N-ethyl adjacent to an activating group) is 1. The smallest absolute Gasteiger partial charge is 0.315 e. The predicted molar refractivity (Wildman–Crippen MR) is 101 cm³/mol. The fraction of sp³-hybridized carbons (Fsp3) is 0.889. The number of hydrogen-bond donors (Lipinski definition) is 4. The van der Waals surface area contributed by atoms with E-state index in [9.17, 15) is 9.59 Å². The lowest BCUT2D eigenvalue weighted by atomic mass is 9.53. The molecule has 4 aliphatic carbocycles. The van der Waals surface area contributed by atoms with Gasteiger partial charge >= 0.3 is 6.03 Å². The second-order valence-corrected chi connectivity index (χ2v) is 8.03. The molecule has 0 unspecified atom stereocenters. The standard InChI is InChI=1S/C18H32N4O2.ClH/c1-2-19-5-6-20-16(23)3-4-21-17(24)22-18-10-13-7-14(11-18)9-15(8-13)12-18;/h13-15,19H,2-12H2,1H3,(H,20,23)(H2,21,22,24);1H. The lowest BCUT2D eigenvalue weighted by molar-refractivity contribution is -0.120. The van der Waals surface area contributed by atoms with Gasteiger partial charge < -0.3 is 21.3 Å². The van der Waals surface area contributed by atoms with Gasteiger partial charge in [-0.05, 0) is 62.8 Å². The minimum Gasteiger partial charge on any atom is -0.355 e. The topological polar surface area (TPSA) is 82.3 Å². The molecule has 0 radical (unpaired) electrons. The van der Waals surface area contributed by atoms with E-state index in [1.54, 1.807) is 0 Å². The lowest BCUT2D eigenvalue weighted by Crippen LogP contribution is -2.61. The van der Waals surface area contributed by atoms with Crippen molar-refractivity contribution < 1.29 is 9.59 Å². The predicted octanol–water partition coefficient (Wildman–Crippen LogP) is 1.79. The van der Waals surface area contributed by atoms with Crippen molar-refractivity contribution in [3.05, 3.63) is 0 Å². The van der Waals surface area contributed by atoms with Crippen molar-refractivity contribution in [2.24, 2.45) is 17.8 Å². The van der Waals surface area contributed by atoms with Crippen molar-refractivity contribution in [3.63, 3.8) is 0 Å². The second-order valence-electron chi connectivity index (χ2n) is 8.03. The molecule has 4 rings (SSSR count). The van der Waals surface area contributed by atoms with Gasteiger partial charge in [0.1, 0.15) is 0 Å². The monoisotopic (exact) mass is 372 g/mol. The molecule has 0 aromatic carbocycles. The normalized spacial score (nSPS) is 32.0. The summed E-state index contributed by atoms with van der Waals surface area (Å²) in [6, 6.07) is -0.0996. The molecule has 7 heteroatoms. The summed E-state index contributed by atoms with van der Waals surface area (Å²) >= 11 is 0. The molecule has 4 bridgehead atoms. The average molecular weight is 373 g/mol. The zero-order valence-electron chi connectivity index (χ0n) is 15.2. The maximum Gasteiger partial charge on any atom is 0.315 e. The molecule has 0 aliphatic heterocycles. The van der Waals surface area contributed by atoms with Gasteiger partial charge in [0.05, 0.1) is 0 Å². The molecule has 6 nitrogen and oxygen atoms in total. The summed E-state index contributed by atoms with van der Waals surface area (Å²) < 4.78 is 0. The first-order valence-electron chi connectivity index (χ1n) is 9.62. The van der Waals surface area contributed by atoms with Gasteiger partial charge in [-0.15, -0.1) is 12.4 Å². The highest BCUT2D eigenvalue weighted by molar-refractivity contribution is 5.85. The van der Waals surface area contributed by atoms with Crippen molar-refractivity contribution >= 4 is 24.3 Å². The SMILES string of the molecule is CCNCCNC(=O)CCNC(=O)NC12CC3CC(CC(C3)C1)C2.Cl. The summed E-state index contributed by atoms with van der Waals surface area (Å²) in [5.74, 6) is 2.44. The number of urea groups is 1. The van der Waals surface area contributed by atoms with Crippen molar-refractivity contribution in [1.29, 1.82) is 0 Å². The lowest BCUT2D eigenvalue weighted by Gasteiger charge is -2.56. The largest absolute Gasteiger partial charge is 0.355 e. The Morgan fingerprint density at radius 1 is 0.920 bits per heavy atom. The average Bonchev–Trinajstić information content (AvgIpc) is 2.49. The molecule has 4 saturated carbocycles. The van der Waals surface area contributed by atoms with Gasteiger partial charge in [0.2, 0.25) is 5.91 Å². The molecule has 0 aromatic rings. The van der Waals surface area contributed by atoms with Crippen LogP contribution in [-0.2, 0) is 4.79 Å². The highest BCUT2D eigenvalue weighted by Gasteiger charge is 2.51. The van der Waals surface area contributed by atoms with Crippen molar-refractivity contribution in [3.8, 4) is 0 Å². The van der Waals surface area contributed by atoms with Crippen LogP contribution in [0.25, 0.3) is 0 Å². The van der Waals surface area contributed by atoms with Gasteiger partial charge in [0.25, 0.3) is 0 Å². The Kier molecular flexibility index (Phi) is 7.37. The minimum absolute atomic E-state index is 0. The third kappa shape index (κ3) is 5.48. The van der Waals surface area contributed by atoms with Crippen LogP contribution in [0.5, 0.6) is 0 Å². The molecular weight excluding hydrogens is 340 g/mol. The summed E-state index contributed by atoms with van der Waals surface area (Å²) in [6.45, 7) is 4.75. The van der Waals surface area contributed by atoms with Crippen LogP contribution in [0.2, 0.25) is 0 Å². The van der Waals surface area contributed by atoms with Gasteiger partial charge in [-0.25, -0.2) is 4.79 Å². The van der Waals surface area contributed by atoms with E-state index in [0.717, 1.165) is 50.1 Å². The third-order valence-electron chi connectivity index (χ3n) is 5.93. The van der Waals surface area contributed by atoms with Crippen LogP contribution in [-0.4, -0.2) is 43.7 Å². The molecular formula is C18H33ClN4O2. The van der Waals surface area contributed by atoms with Crippen LogP contribution in [0, 0.1) is 17.8 Å². The number of halogens is 1. The Morgan fingerprint density at radius 2 is 1.52 bits per heavy atom. The maximum atomic E-state index is 12.2. The zero-order valence-corrected chi connectivity index (χ0v) is 16.1. The first-order valence-corrected chi connectivity index (χ1v) is 9.62. The van der Waals surface area contributed by atoms with Crippen molar-refractivity contribution in [2.45, 2.75) is 57.4 Å². The van der Waals surface area contributed by atoms with Crippen LogP contribution in [0.4, 0.5) is 4.79 Å². The molecule has 25 heavy (non-hydrogen) atoms. The van der Waals surface area contributed by atoms with E-state index < -0.39 is 0 Å². The van der Waals surface area contributed by atoms with Crippen molar-refractivity contribution in [1.82, 2.24) is 21.3 Å². The van der Waals surface area contributed by atoms with Gasteiger partial charge in [-0.2, -0.15) is 0 Å². The zero-order chi connectivity index (χ0) is 17.0. The highest BCUT2D eigenvalue weighted by Crippen LogP contribution is 2.55. The van der Waals surface area contributed by atoms with Gasteiger partial charge in [0, 0.05) is 31.6 Å². The Balaban J connectivity index is 0.00000225. The van der Waals surface area contributed by atoms with Gasteiger partial charge in [-0.1, -0.05) is 6.92 Å². The Bertz CT molecular complexity index is 437. The number of nitrogens with one attached hydrogen (secondary N) is 4. The summed E-state index contributed by atoms with van der Waals surface area (Å²) in [7, 11) is 0. The summed E-state index contributed by atoms with van der Waals surface area (Å²) in [6.07, 6.45) is 7.90. The number of hydrogen-bond acceptors (Lipinski definition) is 3. The van der Waals surface area contributed by atoms with Crippen molar-refractivity contribution in [2.75, 3.05) is 26.2 Å². The molecule has 144 valence electrons. The van der Waals surface area contributed by atoms with Crippen LogP contribution in [0.15, 0.2) is 0 Å². The van der Waals surface area contributed by atoms with E-state index in [4.69, 9.17) is 0 Å². The molecule has 0 atom stereocenters. The second kappa shape index (κ2) is 9.08. The Morgan fingerprint density at radius 3 is 2.08 bits per heavy atom.